The van der Waals surface area contributed by atoms with E-state index < -0.39 is 41.0 Å². The van der Waals surface area contributed by atoms with E-state index in [0.717, 1.165) is 16.7 Å². The predicted octanol–water partition coefficient (Wildman–Crippen LogP) is 6.48. The Bertz CT molecular complexity index is 1610. The summed E-state index contributed by atoms with van der Waals surface area (Å²) in [5, 5.41) is 0. The lowest BCUT2D eigenvalue weighted by Crippen LogP contribution is -2.44. The van der Waals surface area contributed by atoms with Crippen LogP contribution in [0.1, 0.15) is 38.9 Å². The smallest absolute Gasteiger partial charge is 0.335 e. The van der Waals surface area contributed by atoms with Gasteiger partial charge in [0.25, 0.3) is 0 Å². The van der Waals surface area contributed by atoms with Gasteiger partial charge in [-0.1, -0.05) is 121 Å². The average Bonchev–Trinajstić information content (AvgIpc) is 3.52. The predicted molar refractivity (Wildman–Crippen MR) is 156 cm³/mol. The average molecular weight is 543 g/mol. The topological polar surface area (TPSA) is 69.7 Å². The second-order valence-corrected chi connectivity index (χ2v) is 10.6. The molecule has 0 spiro atoms. The van der Waals surface area contributed by atoms with Crippen LogP contribution in [0, 0.1) is 17.3 Å². The molecule has 4 aromatic carbocycles. The lowest BCUT2D eigenvalue weighted by molar-refractivity contribution is -0.147. The standard InChI is InChI=1S/C36H30O5/c1-40-34(38)29-28-27(23-15-7-3-8-16-23)32(35(39)41-2)36(30(28)24-17-9-4-10-18-24,31(29)25-19-11-5-12-20-25)33(37)26-21-13-6-14-22-26/h3-22,28-31H,1-2H3/t28-,29+,30?,31+,36+/m0/s1. The first-order chi connectivity index (χ1) is 20.1. The highest BCUT2D eigenvalue weighted by molar-refractivity contribution is 6.17. The van der Waals surface area contributed by atoms with Gasteiger partial charge in [0, 0.05) is 23.3 Å². The zero-order chi connectivity index (χ0) is 28.6. The molecule has 4 aromatic rings. The van der Waals surface area contributed by atoms with Gasteiger partial charge >= 0.3 is 11.9 Å². The van der Waals surface area contributed by atoms with E-state index in [-0.39, 0.29) is 5.78 Å². The van der Waals surface area contributed by atoms with E-state index in [1.165, 1.54) is 14.2 Å². The van der Waals surface area contributed by atoms with Crippen LogP contribution >= 0.6 is 0 Å². The molecule has 0 amide bonds. The largest absolute Gasteiger partial charge is 0.469 e. The van der Waals surface area contributed by atoms with Crippen LogP contribution in [0.5, 0.6) is 0 Å². The van der Waals surface area contributed by atoms with Crippen LogP contribution in [0.25, 0.3) is 5.57 Å². The highest BCUT2D eigenvalue weighted by Gasteiger charge is 2.74. The Morgan fingerprint density at radius 1 is 0.610 bits per heavy atom. The van der Waals surface area contributed by atoms with E-state index in [1.807, 2.05) is 109 Å². The summed E-state index contributed by atoms with van der Waals surface area (Å²) in [6.07, 6.45) is 0. The maximum atomic E-state index is 15.3. The molecule has 41 heavy (non-hydrogen) atoms. The van der Waals surface area contributed by atoms with Crippen molar-refractivity contribution in [3.05, 3.63) is 149 Å². The first-order valence-electron chi connectivity index (χ1n) is 13.7. The fraction of sp³-hybridized carbons (Fsp3) is 0.194. The molecule has 0 N–H and O–H groups in total. The Morgan fingerprint density at radius 3 is 1.61 bits per heavy atom. The van der Waals surface area contributed by atoms with Crippen molar-refractivity contribution < 1.29 is 23.9 Å². The zero-order valence-corrected chi connectivity index (χ0v) is 22.9. The summed E-state index contributed by atoms with van der Waals surface area (Å²) in [6.45, 7) is 0. The van der Waals surface area contributed by atoms with E-state index in [9.17, 15) is 9.59 Å². The minimum Gasteiger partial charge on any atom is -0.469 e. The number of allylic oxidation sites excluding steroid dienone is 1. The van der Waals surface area contributed by atoms with Crippen LogP contribution < -0.4 is 0 Å². The number of methoxy groups -OCH3 is 2. The number of benzene rings is 4. The van der Waals surface area contributed by atoms with E-state index in [4.69, 9.17) is 9.47 Å². The molecule has 1 unspecified atom stereocenters. The van der Waals surface area contributed by atoms with Crippen molar-refractivity contribution in [2.45, 2.75) is 11.8 Å². The Labute approximate surface area is 239 Å². The molecule has 0 heterocycles. The second kappa shape index (κ2) is 10.7. The van der Waals surface area contributed by atoms with Crippen molar-refractivity contribution in [2.24, 2.45) is 17.3 Å². The quantitative estimate of drug-likeness (QED) is 0.197. The molecule has 204 valence electrons. The molecular formula is C36H30O5. The third-order valence-corrected chi connectivity index (χ3v) is 8.78. The summed E-state index contributed by atoms with van der Waals surface area (Å²) in [6, 6.07) is 37.9. The van der Waals surface area contributed by atoms with Gasteiger partial charge in [-0.2, -0.15) is 0 Å². The number of carbonyl (C=O) groups is 3. The first kappa shape index (κ1) is 26.5. The van der Waals surface area contributed by atoms with Crippen LogP contribution in [-0.2, 0) is 19.1 Å². The van der Waals surface area contributed by atoms with Gasteiger partial charge in [-0.05, 0) is 22.3 Å². The summed E-state index contributed by atoms with van der Waals surface area (Å²) in [5.74, 6) is -3.67. The number of Topliss-reactive ketones (excluding diaryl/α,β-unsaturated/α-hetero) is 1. The number of hydrogen-bond donors (Lipinski definition) is 0. The van der Waals surface area contributed by atoms with E-state index in [2.05, 4.69) is 0 Å². The lowest BCUT2D eigenvalue weighted by Gasteiger charge is -2.41. The molecule has 0 saturated heterocycles. The molecule has 1 saturated carbocycles. The van der Waals surface area contributed by atoms with Crippen LogP contribution in [0.4, 0.5) is 0 Å². The first-order valence-corrected chi connectivity index (χ1v) is 13.7. The van der Waals surface area contributed by atoms with Gasteiger partial charge < -0.3 is 9.47 Å². The normalized spacial score (nSPS) is 24.6. The Kier molecular flexibility index (Phi) is 6.88. The van der Waals surface area contributed by atoms with Gasteiger partial charge in [-0.15, -0.1) is 0 Å². The van der Waals surface area contributed by atoms with Crippen LogP contribution in [0.3, 0.4) is 0 Å². The third-order valence-electron chi connectivity index (χ3n) is 8.78. The zero-order valence-electron chi connectivity index (χ0n) is 22.9. The SMILES string of the molecule is COC(=O)C1=C(c2ccccc2)[C@@H]2C(c3ccccc3)[C@@]1(C(=O)c1ccccc1)[C@H](c1ccccc1)[C@@H]2C(=O)OC. The molecule has 5 nitrogen and oxygen atoms in total. The molecule has 5 atom stereocenters. The fourth-order valence-electron chi connectivity index (χ4n) is 7.46. The molecule has 0 radical (unpaired) electrons. The summed E-state index contributed by atoms with van der Waals surface area (Å²) in [7, 11) is 2.73. The van der Waals surface area contributed by atoms with E-state index in [0.29, 0.717) is 16.7 Å². The van der Waals surface area contributed by atoms with Crippen molar-refractivity contribution in [3.8, 4) is 0 Å². The van der Waals surface area contributed by atoms with Crippen molar-refractivity contribution >= 4 is 23.3 Å². The van der Waals surface area contributed by atoms with Gasteiger partial charge in [-0.25, -0.2) is 4.79 Å². The maximum Gasteiger partial charge on any atom is 0.335 e. The highest BCUT2D eigenvalue weighted by Crippen LogP contribution is 2.75. The van der Waals surface area contributed by atoms with Crippen molar-refractivity contribution in [3.63, 3.8) is 0 Å². The molecule has 1 fully saturated rings. The van der Waals surface area contributed by atoms with Gasteiger partial charge in [0.05, 0.1) is 31.1 Å². The summed E-state index contributed by atoms with van der Waals surface area (Å²) >= 11 is 0. The molecule has 0 aromatic heterocycles. The molecule has 5 heteroatoms. The van der Waals surface area contributed by atoms with Crippen LogP contribution in [-0.4, -0.2) is 31.9 Å². The number of hydrogen-bond acceptors (Lipinski definition) is 5. The molecule has 6 rings (SSSR count). The van der Waals surface area contributed by atoms with Crippen LogP contribution in [0.2, 0.25) is 0 Å². The molecule has 2 aliphatic rings. The molecule has 0 aliphatic heterocycles. The summed E-state index contributed by atoms with van der Waals surface area (Å²) in [4.78, 5) is 43.3. The minimum atomic E-state index is -1.45. The number of ether oxygens (including phenoxy) is 2. The lowest BCUT2D eigenvalue weighted by atomic mass is 9.59. The summed E-state index contributed by atoms with van der Waals surface area (Å²) in [5.41, 5.74) is 2.44. The van der Waals surface area contributed by atoms with Crippen molar-refractivity contribution in [2.75, 3.05) is 14.2 Å². The van der Waals surface area contributed by atoms with Gasteiger partial charge in [-0.3, -0.25) is 9.59 Å². The number of fused-ring (bicyclic) bond motifs is 2. The van der Waals surface area contributed by atoms with Crippen molar-refractivity contribution in [1.29, 1.82) is 0 Å². The Morgan fingerprint density at radius 2 is 1.10 bits per heavy atom. The van der Waals surface area contributed by atoms with E-state index in [1.54, 1.807) is 12.1 Å². The Hall–Kier alpha value is -4.77. The van der Waals surface area contributed by atoms with Gasteiger partial charge in [0.1, 0.15) is 0 Å². The highest BCUT2D eigenvalue weighted by atomic mass is 16.5. The van der Waals surface area contributed by atoms with E-state index >= 15 is 4.79 Å². The number of rotatable bonds is 7. The molecule has 2 bridgehead atoms. The number of carbonyl (C=O) groups excluding carboxylic acids is 3. The third kappa shape index (κ3) is 3.95. The minimum absolute atomic E-state index is 0.219. The number of esters is 2. The second-order valence-electron chi connectivity index (χ2n) is 10.6. The maximum absolute atomic E-state index is 15.3. The monoisotopic (exact) mass is 542 g/mol. The van der Waals surface area contributed by atoms with Gasteiger partial charge in [0.2, 0.25) is 0 Å². The summed E-state index contributed by atoms with van der Waals surface area (Å²) < 4.78 is 10.9. The molecular weight excluding hydrogens is 512 g/mol. The Balaban J connectivity index is 1.80. The molecule has 2 aliphatic carbocycles. The van der Waals surface area contributed by atoms with Crippen molar-refractivity contribution in [1.82, 2.24) is 0 Å². The van der Waals surface area contributed by atoms with Crippen LogP contribution in [0.15, 0.2) is 127 Å². The van der Waals surface area contributed by atoms with Gasteiger partial charge in [0.15, 0.2) is 5.78 Å². The fourth-order valence-corrected chi connectivity index (χ4v) is 7.46. The number of ketones is 1.